The zero-order valence-corrected chi connectivity index (χ0v) is 11.1. The molecule has 98 valence electrons. The molecule has 4 heteroatoms. The molecule has 3 nitrogen and oxygen atoms in total. The summed E-state index contributed by atoms with van der Waals surface area (Å²) in [7, 11) is 0. The smallest absolute Gasteiger partial charge is 0.322 e. The van der Waals surface area contributed by atoms with Crippen molar-refractivity contribution in [2.24, 2.45) is 5.41 Å². The van der Waals surface area contributed by atoms with Gasteiger partial charge in [0.1, 0.15) is 5.38 Å². The Morgan fingerprint density at radius 2 is 1.76 bits per heavy atom. The van der Waals surface area contributed by atoms with E-state index in [4.69, 9.17) is 16.7 Å². The SMILES string of the molecule is O=C(O)C(Cl)CN1CCC2(CCCCC2)CC1. The molecule has 2 aliphatic rings. The molecule has 0 aromatic rings. The number of hydrogen-bond donors (Lipinski definition) is 1. The molecule has 17 heavy (non-hydrogen) atoms. The van der Waals surface area contributed by atoms with Crippen LogP contribution in [0.25, 0.3) is 0 Å². The number of likely N-dealkylation sites (tertiary alicyclic amines) is 1. The van der Waals surface area contributed by atoms with Gasteiger partial charge in [-0.2, -0.15) is 0 Å². The summed E-state index contributed by atoms with van der Waals surface area (Å²) in [6.45, 7) is 2.54. The molecule has 0 aromatic heterocycles. The molecule has 1 N–H and O–H groups in total. The number of carboxylic acid groups (broad SMARTS) is 1. The number of carboxylic acids is 1. The highest BCUT2D eigenvalue weighted by Gasteiger charge is 2.36. The highest BCUT2D eigenvalue weighted by atomic mass is 35.5. The van der Waals surface area contributed by atoms with Gasteiger partial charge in [-0.15, -0.1) is 11.6 Å². The maximum Gasteiger partial charge on any atom is 0.322 e. The highest BCUT2D eigenvalue weighted by Crippen LogP contribution is 2.44. The summed E-state index contributed by atoms with van der Waals surface area (Å²) in [5.41, 5.74) is 0.583. The number of nitrogens with zero attached hydrogens (tertiary/aromatic N) is 1. The Kier molecular flexibility index (Phi) is 4.31. The number of halogens is 1. The van der Waals surface area contributed by atoms with E-state index in [-0.39, 0.29) is 0 Å². The van der Waals surface area contributed by atoms with Crippen LogP contribution >= 0.6 is 11.6 Å². The Balaban J connectivity index is 1.79. The van der Waals surface area contributed by atoms with E-state index in [0.29, 0.717) is 12.0 Å². The van der Waals surface area contributed by atoms with Gasteiger partial charge >= 0.3 is 5.97 Å². The first-order chi connectivity index (χ1) is 8.11. The second kappa shape index (κ2) is 5.57. The van der Waals surface area contributed by atoms with Crippen molar-refractivity contribution in [2.45, 2.75) is 50.3 Å². The molecule has 1 spiro atoms. The van der Waals surface area contributed by atoms with Crippen molar-refractivity contribution in [1.29, 1.82) is 0 Å². The average Bonchev–Trinajstić information content (AvgIpc) is 2.33. The maximum absolute atomic E-state index is 10.7. The molecule has 0 bridgehead atoms. The van der Waals surface area contributed by atoms with Crippen LogP contribution in [0.1, 0.15) is 44.9 Å². The van der Waals surface area contributed by atoms with Crippen LogP contribution in [0.5, 0.6) is 0 Å². The van der Waals surface area contributed by atoms with Gasteiger partial charge in [0, 0.05) is 6.54 Å². The highest BCUT2D eigenvalue weighted by molar-refractivity contribution is 6.29. The number of hydrogen-bond acceptors (Lipinski definition) is 2. The largest absolute Gasteiger partial charge is 0.480 e. The number of carbonyl (C=O) groups is 1. The van der Waals surface area contributed by atoms with Crippen molar-refractivity contribution < 1.29 is 9.90 Å². The van der Waals surface area contributed by atoms with Gasteiger partial charge in [-0.1, -0.05) is 19.3 Å². The Labute approximate surface area is 108 Å². The molecule has 1 unspecified atom stereocenters. The van der Waals surface area contributed by atoms with Crippen LogP contribution in [0.3, 0.4) is 0 Å². The lowest BCUT2D eigenvalue weighted by Crippen LogP contribution is -2.44. The van der Waals surface area contributed by atoms with E-state index in [2.05, 4.69) is 4.90 Å². The van der Waals surface area contributed by atoms with E-state index in [1.807, 2.05) is 0 Å². The van der Waals surface area contributed by atoms with Crippen LogP contribution < -0.4 is 0 Å². The molecule has 2 fully saturated rings. The maximum atomic E-state index is 10.7. The number of piperidine rings is 1. The zero-order valence-electron chi connectivity index (χ0n) is 10.3. The molecule has 1 atom stereocenters. The first-order valence-corrected chi connectivity index (χ1v) is 7.14. The Morgan fingerprint density at radius 3 is 2.29 bits per heavy atom. The Hall–Kier alpha value is -0.280. The van der Waals surface area contributed by atoms with Crippen LogP contribution in [0, 0.1) is 5.41 Å². The third kappa shape index (κ3) is 3.35. The second-order valence-corrected chi connectivity index (χ2v) is 6.19. The molecule has 0 aromatic carbocycles. The summed E-state index contributed by atoms with van der Waals surface area (Å²) in [6, 6.07) is 0. The molecule has 2 rings (SSSR count). The van der Waals surface area contributed by atoms with E-state index in [0.717, 1.165) is 13.1 Å². The summed E-state index contributed by atoms with van der Waals surface area (Å²) < 4.78 is 0. The van der Waals surface area contributed by atoms with Crippen molar-refractivity contribution in [2.75, 3.05) is 19.6 Å². The topological polar surface area (TPSA) is 40.5 Å². The molecule has 1 aliphatic carbocycles. The van der Waals surface area contributed by atoms with Gasteiger partial charge in [0.15, 0.2) is 0 Å². The lowest BCUT2D eigenvalue weighted by molar-refractivity contribution is -0.137. The number of rotatable bonds is 3. The van der Waals surface area contributed by atoms with Crippen LogP contribution in [0.15, 0.2) is 0 Å². The minimum absolute atomic E-state index is 0.493. The molecular formula is C13H22ClNO2. The van der Waals surface area contributed by atoms with Crippen molar-refractivity contribution in [3.8, 4) is 0 Å². The molecule has 1 saturated carbocycles. The fraction of sp³-hybridized carbons (Fsp3) is 0.923. The third-order valence-electron chi connectivity index (χ3n) is 4.52. The number of alkyl halides is 1. The van der Waals surface area contributed by atoms with Crippen molar-refractivity contribution in [1.82, 2.24) is 4.90 Å². The molecular weight excluding hydrogens is 238 g/mol. The molecule has 1 aliphatic heterocycles. The average molecular weight is 260 g/mol. The van der Waals surface area contributed by atoms with Gasteiger partial charge < -0.3 is 10.0 Å². The van der Waals surface area contributed by atoms with Gasteiger partial charge in [-0.25, -0.2) is 0 Å². The van der Waals surface area contributed by atoms with Gasteiger partial charge in [-0.05, 0) is 44.2 Å². The minimum Gasteiger partial charge on any atom is -0.480 e. The summed E-state index contributed by atoms with van der Waals surface area (Å²) in [4.78, 5) is 12.9. The van der Waals surface area contributed by atoms with Gasteiger partial charge in [0.2, 0.25) is 0 Å². The molecule has 0 radical (unpaired) electrons. The van der Waals surface area contributed by atoms with Crippen LogP contribution in [-0.4, -0.2) is 41.0 Å². The summed E-state index contributed by atoms with van der Waals surface area (Å²) in [5, 5.41) is 8.04. The molecule has 0 amide bonds. The van der Waals surface area contributed by atoms with E-state index in [1.165, 1.54) is 44.9 Å². The van der Waals surface area contributed by atoms with Crippen LogP contribution in [-0.2, 0) is 4.79 Å². The monoisotopic (exact) mass is 259 g/mol. The summed E-state index contributed by atoms with van der Waals surface area (Å²) >= 11 is 5.79. The summed E-state index contributed by atoms with van der Waals surface area (Å²) in [5.74, 6) is -0.899. The molecule has 1 heterocycles. The Morgan fingerprint density at radius 1 is 1.18 bits per heavy atom. The second-order valence-electron chi connectivity index (χ2n) is 5.67. The normalized spacial score (nSPS) is 26.9. The van der Waals surface area contributed by atoms with E-state index < -0.39 is 11.3 Å². The quantitative estimate of drug-likeness (QED) is 0.793. The first kappa shape index (κ1) is 13.2. The third-order valence-corrected chi connectivity index (χ3v) is 4.84. The zero-order chi connectivity index (χ0) is 12.3. The molecule has 1 saturated heterocycles. The lowest BCUT2D eigenvalue weighted by Gasteiger charge is -2.44. The van der Waals surface area contributed by atoms with Crippen molar-refractivity contribution in [3.63, 3.8) is 0 Å². The lowest BCUT2D eigenvalue weighted by atomic mass is 9.68. The van der Waals surface area contributed by atoms with Gasteiger partial charge in [0.25, 0.3) is 0 Å². The van der Waals surface area contributed by atoms with Crippen LogP contribution in [0.2, 0.25) is 0 Å². The predicted octanol–water partition coefficient (Wildman–Crippen LogP) is 2.72. The van der Waals surface area contributed by atoms with Gasteiger partial charge in [-0.3, -0.25) is 4.79 Å². The summed E-state index contributed by atoms with van der Waals surface area (Å²) in [6.07, 6.45) is 9.38. The fourth-order valence-corrected chi connectivity index (χ4v) is 3.51. The fourth-order valence-electron chi connectivity index (χ4n) is 3.32. The van der Waals surface area contributed by atoms with Crippen LogP contribution in [0.4, 0.5) is 0 Å². The van der Waals surface area contributed by atoms with E-state index >= 15 is 0 Å². The van der Waals surface area contributed by atoms with E-state index in [1.54, 1.807) is 0 Å². The van der Waals surface area contributed by atoms with Crippen molar-refractivity contribution >= 4 is 17.6 Å². The number of aliphatic carboxylic acids is 1. The Bertz CT molecular complexity index is 267. The standard InChI is InChI=1S/C13H22ClNO2/c14-11(12(16)17)10-15-8-6-13(7-9-15)4-2-1-3-5-13/h11H,1-10H2,(H,16,17). The van der Waals surface area contributed by atoms with Gasteiger partial charge in [0.05, 0.1) is 0 Å². The minimum atomic E-state index is -0.899. The van der Waals surface area contributed by atoms with E-state index in [9.17, 15) is 4.79 Å². The first-order valence-electron chi connectivity index (χ1n) is 6.71. The predicted molar refractivity (Wildman–Crippen MR) is 68.5 cm³/mol. The van der Waals surface area contributed by atoms with Crippen molar-refractivity contribution in [3.05, 3.63) is 0 Å².